The van der Waals surface area contributed by atoms with Crippen LogP contribution in [0, 0.1) is 0 Å². The molecule has 0 radical (unpaired) electrons. The maximum atomic E-state index is 12.3. The summed E-state index contributed by atoms with van der Waals surface area (Å²) < 4.78 is 0.944. The molecule has 1 heterocycles. The smallest absolute Gasteiger partial charge is 0.268 e. The molecule has 3 rings (SSSR count). The number of halogens is 1. The topological polar surface area (TPSA) is 79.8 Å². The Morgan fingerprint density at radius 1 is 1.12 bits per heavy atom. The predicted octanol–water partition coefficient (Wildman–Crippen LogP) is 3.54. The van der Waals surface area contributed by atoms with Crippen molar-refractivity contribution >= 4 is 44.8 Å². The maximum Gasteiger partial charge on any atom is 0.268 e. The molecule has 2 aromatic rings. The van der Waals surface area contributed by atoms with Crippen LogP contribution in [0.2, 0.25) is 0 Å². The summed E-state index contributed by atoms with van der Waals surface area (Å²) in [5, 5.41) is 9.48. The van der Waals surface area contributed by atoms with Gasteiger partial charge in [-0.2, -0.15) is 0 Å². The van der Waals surface area contributed by atoms with Crippen molar-refractivity contribution in [3.05, 3.63) is 58.6 Å². The highest BCUT2D eigenvalue weighted by Gasteiger charge is 2.29. The average Bonchev–Trinajstić information content (AvgIpc) is 3.06. The number of anilines is 2. The second-order valence-corrected chi connectivity index (χ2v) is 6.51. The molecular formula is C18H16BrN3O3. The lowest BCUT2D eigenvalue weighted by Gasteiger charge is -2.10. The van der Waals surface area contributed by atoms with Gasteiger partial charge in [0.15, 0.2) is 0 Å². The summed E-state index contributed by atoms with van der Waals surface area (Å²) in [6.45, 7) is 1.44. The molecule has 0 aliphatic carbocycles. The number of benzene rings is 2. The molecule has 1 aliphatic rings. The standard InChI is InChI=1S/C18H16BrN3O3/c1-11(23)20-14-5-7-15(8-6-14)21-18(24)17-10-16(22-25-17)12-3-2-4-13(19)9-12/h2-9,17H,10H2,1H3,(H,20,23)(H,21,24)/t17-/m1/s1. The van der Waals surface area contributed by atoms with Gasteiger partial charge in [-0.05, 0) is 36.4 Å². The van der Waals surface area contributed by atoms with Gasteiger partial charge in [-0.3, -0.25) is 9.59 Å². The highest BCUT2D eigenvalue weighted by atomic mass is 79.9. The van der Waals surface area contributed by atoms with Gasteiger partial charge in [-0.1, -0.05) is 33.2 Å². The van der Waals surface area contributed by atoms with E-state index in [0.29, 0.717) is 17.8 Å². The molecule has 0 aromatic heterocycles. The Bertz CT molecular complexity index is 834. The van der Waals surface area contributed by atoms with E-state index in [2.05, 4.69) is 31.7 Å². The Balaban J connectivity index is 1.59. The third-order valence-corrected chi connectivity index (χ3v) is 4.09. The van der Waals surface area contributed by atoms with Crippen LogP contribution in [0.4, 0.5) is 11.4 Å². The lowest BCUT2D eigenvalue weighted by Crippen LogP contribution is -2.28. The van der Waals surface area contributed by atoms with Crippen molar-refractivity contribution < 1.29 is 14.4 Å². The zero-order valence-corrected chi connectivity index (χ0v) is 15.0. The van der Waals surface area contributed by atoms with Crippen molar-refractivity contribution in [1.29, 1.82) is 0 Å². The molecule has 2 amide bonds. The fourth-order valence-electron chi connectivity index (χ4n) is 2.42. The van der Waals surface area contributed by atoms with Crippen LogP contribution in [-0.4, -0.2) is 23.6 Å². The van der Waals surface area contributed by atoms with Crippen molar-refractivity contribution in [2.75, 3.05) is 10.6 Å². The largest absolute Gasteiger partial charge is 0.382 e. The molecule has 0 fully saturated rings. The van der Waals surface area contributed by atoms with Crippen LogP contribution in [0.5, 0.6) is 0 Å². The zero-order chi connectivity index (χ0) is 17.8. The van der Waals surface area contributed by atoms with E-state index in [9.17, 15) is 9.59 Å². The van der Waals surface area contributed by atoms with Gasteiger partial charge in [0.2, 0.25) is 12.0 Å². The highest BCUT2D eigenvalue weighted by molar-refractivity contribution is 9.10. The minimum Gasteiger partial charge on any atom is -0.382 e. The van der Waals surface area contributed by atoms with Crippen molar-refractivity contribution in [2.24, 2.45) is 5.16 Å². The Kier molecular flexibility index (Phi) is 5.14. The second-order valence-electron chi connectivity index (χ2n) is 5.59. The van der Waals surface area contributed by atoms with E-state index in [1.165, 1.54) is 6.92 Å². The van der Waals surface area contributed by atoms with E-state index in [-0.39, 0.29) is 11.8 Å². The Labute approximate surface area is 153 Å². The fraction of sp³-hybridized carbons (Fsp3) is 0.167. The van der Waals surface area contributed by atoms with Crippen molar-refractivity contribution in [3.63, 3.8) is 0 Å². The lowest BCUT2D eigenvalue weighted by atomic mass is 10.0. The molecule has 0 spiro atoms. The summed E-state index contributed by atoms with van der Waals surface area (Å²) in [5.41, 5.74) is 2.95. The van der Waals surface area contributed by atoms with E-state index in [1.807, 2.05) is 24.3 Å². The number of rotatable bonds is 4. The van der Waals surface area contributed by atoms with Gasteiger partial charge >= 0.3 is 0 Å². The van der Waals surface area contributed by atoms with Gasteiger partial charge in [0.05, 0.1) is 5.71 Å². The van der Waals surface area contributed by atoms with E-state index < -0.39 is 6.10 Å². The van der Waals surface area contributed by atoms with Crippen molar-refractivity contribution in [3.8, 4) is 0 Å². The first-order valence-electron chi connectivity index (χ1n) is 7.68. The molecular weight excluding hydrogens is 386 g/mol. The first-order valence-corrected chi connectivity index (χ1v) is 8.48. The summed E-state index contributed by atoms with van der Waals surface area (Å²) in [6, 6.07) is 14.6. The molecule has 0 bridgehead atoms. The van der Waals surface area contributed by atoms with Gasteiger partial charge in [-0.15, -0.1) is 0 Å². The van der Waals surface area contributed by atoms with Crippen LogP contribution >= 0.6 is 15.9 Å². The second kappa shape index (κ2) is 7.48. The van der Waals surface area contributed by atoms with Crippen LogP contribution in [0.1, 0.15) is 18.9 Å². The number of amides is 2. The fourth-order valence-corrected chi connectivity index (χ4v) is 2.82. The first-order chi connectivity index (χ1) is 12.0. The zero-order valence-electron chi connectivity index (χ0n) is 13.5. The van der Waals surface area contributed by atoms with Gasteiger partial charge in [-0.25, -0.2) is 0 Å². The van der Waals surface area contributed by atoms with Crippen LogP contribution in [0.25, 0.3) is 0 Å². The van der Waals surface area contributed by atoms with Crippen molar-refractivity contribution in [2.45, 2.75) is 19.4 Å². The molecule has 0 saturated heterocycles. The SMILES string of the molecule is CC(=O)Nc1ccc(NC(=O)[C@H]2CC(c3cccc(Br)c3)=NO2)cc1. The third kappa shape index (κ3) is 4.45. The molecule has 6 nitrogen and oxygen atoms in total. The Hall–Kier alpha value is -2.67. The summed E-state index contributed by atoms with van der Waals surface area (Å²) in [6.07, 6.45) is -0.254. The molecule has 128 valence electrons. The first kappa shape index (κ1) is 17.2. The number of hydrogen-bond donors (Lipinski definition) is 2. The summed E-state index contributed by atoms with van der Waals surface area (Å²) in [5.74, 6) is -0.408. The minimum atomic E-state index is -0.663. The molecule has 25 heavy (non-hydrogen) atoms. The van der Waals surface area contributed by atoms with Gasteiger partial charge in [0.25, 0.3) is 5.91 Å². The third-order valence-electron chi connectivity index (χ3n) is 3.59. The predicted molar refractivity (Wildman–Crippen MR) is 99.5 cm³/mol. The molecule has 0 unspecified atom stereocenters. The number of oxime groups is 1. The molecule has 7 heteroatoms. The Morgan fingerprint density at radius 3 is 2.44 bits per heavy atom. The van der Waals surface area contributed by atoms with Crippen molar-refractivity contribution in [1.82, 2.24) is 0 Å². The molecule has 2 N–H and O–H groups in total. The number of hydrogen-bond acceptors (Lipinski definition) is 4. The van der Waals surface area contributed by atoms with Gasteiger partial charge in [0.1, 0.15) is 0 Å². The molecule has 0 saturated carbocycles. The monoisotopic (exact) mass is 401 g/mol. The number of nitrogens with one attached hydrogen (secondary N) is 2. The van der Waals surface area contributed by atoms with Crippen LogP contribution < -0.4 is 10.6 Å². The lowest BCUT2D eigenvalue weighted by molar-refractivity contribution is -0.125. The maximum absolute atomic E-state index is 12.3. The number of carbonyl (C=O) groups is 2. The van der Waals surface area contributed by atoms with Gasteiger partial charge in [0, 0.05) is 34.8 Å². The minimum absolute atomic E-state index is 0.145. The van der Waals surface area contributed by atoms with E-state index in [4.69, 9.17) is 4.84 Å². The molecule has 1 atom stereocenters. The van der Waals surface area contributed by atoms with Gasteiger partial charge < -0.3 is 15.5 Å². The van der Waals surface area contributed by atoms with Crippen LogP contribution in [0.3, 0.4) is 0 Å². The van der Waals surface area contributed by atoms with E-state index in [1.54, 1.807) is 24.3 Å². The average molecular weight is 402 g/mol. The van der Waals surface area contributed by atoms with E-state index in [0.717, 1.165) is 15.7 Å². The summed E-state index contributed by atoms with van der Waals surface area (Å²) >= 11 is 3.42. The quantitative estimate of drug-likeness (QED) is 0.821. The molecule has 1 aliphatic heterocycles. The number of nitrogens with zero attached hydrogens (tertiary/aromatic N) is 1. The van der Waals surface area contributed by atoms with Crippen LogP contribution in [-0.2, 0) is 14.4 Å². The van der Waals surface area contributed by atoms with Crippen LogP contribution in [0.15, 0.2) is 58.2 Å². The highest BCUT2D eigenvalue weighted by Crippen LogP contribution is 2.21. The van der Waals surface area contributed by atoms with E-state index >= 15 is 0 Å². The Morgan fingerprint density at radius 2 is 1.80 bits per heavy atom. The number of carbonyl (C=O) groups excluding carboxylic acids is 2. The normalized spacial score (nSPS) is 15.9. The summed E-state index contributed by atoms with van der Waals surface area (Å²) in [4.78, 5) is 28.6. The molecule has 2 aromatic carbocycles. The summed E-state index contributed by atoms with van der Waals surface area (Å²) in [7, 11) is 0.